The van der Waals surface area contributed by atoms with Crippen molar-refractivity contribution >= 4 is 28.9 Å². The Kier molecular flexibility index (Phi) is 6.88. The summed E-state index contributed by atoms with van der Waals surface area (Å²) >= 11 is 5.93. The lowest BCUT2D eigenvalue weighted by Crippen LogP contribution is -2.33. The molecule has 0 amide bonds. The van der Waals surface area contributed by atoms with Crippen LogP contribution in [0.3, 0.4) is 0 Å². The van der Waals surface area contributed by atoms with E-state index in [1.54, 1.807) is 6.33 Å². The average Bonchev–Trinajstić information content (AvgIpc) is 2.54. The number of aromatic nitrogens is 2. The van der Waals surface area contributed by atoms with Crippen molar-refractivity contribution in [2.75, 3.05) is 29.0 Å². The molecular formula is C19H28ClN5. The molecule has 0 unspecified atom stereocenters. The Morgan fingerprint density at radius 3 is 2.20 bits per heavy atom. The largest absolute Gasteiger partial charge is 0.393 e. The number of nitrogen functional groups attached to an aromatic ring is 1. The fourth-order valence-corrected chi connectivity index (χ4v) is 2.82. The van der Waals surface area contributed by atoms with Gasteiger partial charge in [-0.25, -0.2) is 9.97 Å². The van der Waals surface area contributed by atoms with Crippen LogP contribution in [0.5, 0.6) is 0 Å². The smallest absolute Gasteiger partial charge is 0.157 e. The quantitative estimate of drug-likeness (QED) is 0.727. The Bertz CT molecular complexity index is 660. The normalized spacial score (nSPS) is 11.2. The van der Waals surface area contributed by atoms with Gasteiger partial charge in [0.1, 0.15) is 12.0 Å². The molecule has 0 bridgehead atoms. The van der Waals surface area contributed by atoms with Crippen molar-refractivity contribution in [1.82, 2.24) is 9.97 Å². The molecule has 1 heterocycles. The topological polar surface area (TPSA) is 67.1 Å². The van der Waals surface area contributed by atoms with Crippen molar-refractivity contribution in [3.8, 4) is 0 Å². The van der Waals surface area contributed by atoms with Gasteiger partial charge in [-0.2, -0.15) is 0 Å². The van der Waals surface area contributed by atoms with Gasteiger partial charge in [0, 0.05) is 24.7 Å². The summed E-state index contributed by atoms with van der Waals surface area (Å²) in [5.41, 5.74) is 8.08. The number of rotatable bonds is 8. The lowest BCUT2D eigenvalue weighted by Gasteiger charge is -2.28. The highest BCUT2D eigenvalue weighted by atomic mass is 35.5. The van der Waals surface area contributed by atoms with Crippen LogP contribution in [-0.2, 0) is 6.54 Å². The monoisotopic (exact) mass is 361 g/mol. The van der Waals surface area contributed by atoms with Gasteiger partial charge in [0.2, 0.25) is 0 Å². The van der Waals surface area contributed by atoms with Gasteiger partial charge in [-0.05, 0) is 29.5 Å². The van der Waals surface area contributed by atoms with Gasteiger partial charge in [-0.1, -0.05) is 51.4 Å². The summed E-state index contributed by atoms with van der Waals surface area (Å²) in [4.78, 5) is 11.0. The third-order valence-electron chi connectivity index (χ3n) is 3.71. The molecule has 2 rings (SSSR count). The van der Waals surface area contributed by atoms with Crippen LogP contribution in [0, 0.1) is 11.8 Å². The fourth-order valence-electron chi connectivity index (χ4n) is 2.70. The second-order valence-electron chi connectivity index (χ2n) is 7.13. The van der Waals surface area contributed by atoms with Gasteiger partial charge in [0.15, 0.2) is 11.6 Å². The summed E-state index contributed by atoms with van der Waals surface area (Å²) in [5, 5.41) is 4.03. The summed E-state index contributed by atoms with van der Waals surface area (Å²) in [6, 6.07) is 7.72. The van der Waals surface area contributed by atoms with Crippen molar-refractivity contribution in [1.29, 1.82) is 0 Å². The molecule has 6 heteroatoms. The number of anilines is 3. The molecule has 136 valence electrons. The molecule has 5 nitrogen and oxygen atoms in total. The Hall–Kier alpha value is -2.01. The van der Waals surface area contributed by atoms with Crippen molar-refractivity contribution in [3.05, 3.63) is 41.2 Å². The average molecular weight is 362 g/mol. The summed E-state index contributed by atoms with van der Waals surface area (Å²) in [6.07, 6.45) is 1.57. The van der Waals surface area contributed by atoms with E-state index in [4.69, 9.17) is 17.3 Å². The minimum atomic E-state index is 0.526. The molecule has 0 spiro atoms. The maximum atomic E-state index is 6.37. The van der Waals surface area contributed by atoms with Gasteiger partial charge >= 0.3 is 0 Å². The van der Waals surface area contributed by atoms with Crippen molar-refractivity contribution < 1.29 is 0 Å². The zero-order chi connectivity index (χ0) is 18.4. The molecule has 0 saturated carbocycles. The molecule has 0 aliphatic heterocycles. The molecule has 1 aromatic carbocycles. The van der Waals surface area contributed by atoms with Gasteiger partial charge < -0.3 is 16.0 Å². The van der Waals surface area contributed by atoms with E-state index in [1.165, 1.54) is 0 Å². The molecule has 0 saturated heterocycles. The molecule has 25 heavy (non-hydrogen) atoms. The summed E-state index contributed by atoms with van der Waals surface area (Å²) in [6.45, 7) is 11.3. The van der Waals surface area contributed by atoms with Crippen LogP contribution in [0.25, 0.3) is 0 Å². The van der Waals surface area contributed by atoms with Gasteiger partial charge in [0.25, 0.3) is 0 Å². The van der Waals surface area contributed by atoms with E-state index in [0.29, 0.717) is 29.9 Å². The zero-order valence-corrected chi connectivity index (χ0v) is 16.2. The molecule has 0 radical (unpaired) electrons. The van der Waals surface area contributed by atoms with E-state index in [-0.39, 0.29) is 0 Å². The maximum Gasteiger partial charge on any atom is 0.157 e. The van der Waals surface area contributed by atoms with E-state index in [0.717, 1.165) is 29.5 Å². The Labute approximate surface area is 155 Å². The summed E-state index contributed by atoms with van der Waals surface area (Å²) < 4.78 is 0. The van der Waals surface area contributed by atoms with Crippen LogP contribution >= 0.6 is 11.6 Å². The van der Waals surface area contributed by atoms with E-state index in [2.05, 4.69) is 47.9 Å². The van der Waals surface area contributed by atoms with E-state index >= 15 is 0 Å². The predicted molar refractivity (Wildman–Crippen MR) is 107 cm³/mol. The lowest BCUT2D eigenvalue weighted by atomic mass is 10.1. The third kappa shape index (κ3) is 5.78. The van der Waals surface area contributed by atoms with Crippen LogP contribution in [0.4, 0.5) is 17.3 Å². The van der Waals surface area contributed by atoms with Crippen LogP contribution < -0.4 is 16.0 Å². The first kappa shape index (κ1) is 19.3. The number of benzene rings is 1. The van der Waals surface area contributed by atoms with Crippen LogP contribution in [0.2, 0.25) is 5.02 Å². The number of hydrogen-bond donors (Lipinski definition) is 2. The minimum absolute atomic E-state index is 0.526. The standard InChI is InChI=1S/C19H28ClN5/c1-13(2)10-25(11-14(3)4)19-17(21)18(23-12-24-19)22-9-15-5-7-16(20)8-6-15/h5-8,12-14H,9-11,21H2,1-4H3,(H,22,23,24). The highest BCUT2D eigenvalue weighted by Gasteiger charge is 2.17. The second-order valence-corrected chi connectivity index (χ2v) is 7.57. The number of halogens is 1. The molecular weight excluding hydrogens is 334 g/mol. The molecule has 0 aliphatic carbocycles. The van der Waals surface area contributed by atoms with Crippen LogP contribution in [0.1, 0.15) is 33.3 Å². The van der Waals surface area contributed by atoms with Crippen molar-refractivity contribution in [3.63, 3.8) is 0 Å². The first-order valence-electron chi connectivity index (χ1n) is 8.70. The summed E-state index contributed by atoms with van der Waals surface area (Å²) in [5.74, 6) is 2.52. The molecule has 3 N–H and O–H groups in total. The molecule has 0 atom stereocenters. The van der Waals surface area contributed by atoms with E-state index < -0.39 is 0 Å². The van der Waals surface area contributed by atoms with Gasteiger partial charge in [-0.3, -0.25) is 0 Å². The van der Waals surface area contributed by atoms with Crippen LogP contribution in [-0.4, -0.2) is 23.1 Å². The predicted octanol–water partition coefficient (Wildman–Crippen LogP) is 4.44. The highest BCUT2D eigenvalue weighted by molar-refractivity contribution is 6.30. The molecule has 0 fully saturated rings. The fraction of sp³-hybridized carbons (Fsp3) is 0.474. The summed E-state index contributed by atoms with van der Waals surface area (Å²) in [7, 11) is 0. The van der Waals surface area contributed by atoms with Crippen molar-refractivity contribution in [2.24, 2.45) is 11.8 Å². The highest BCUT2D eigenvalue weighted by Crippen LogP contribution is 2.27. The Morgan fingerprint density at radius 1 is 1.04 bits per heavy atom. The molecule has 1 aromatic heterocycles. The number of nitrogens with zero attached hydrogens (tertiary/aromatic N) is 3. The zero-order valence-electron chi connectivity index (χ0n) is 15.5. The van der Waals surface area contributed by atoms with Gasteiger partial charge in [-0.15, -0.1) is 0 Å². The first-order chi connectivity index (χ1) is 11.9. The Morgan fingerprint density at radius 2 is 1.64 bits per heavy atom. The van der Waals surface area contributed by atoms with Gasteiger partial charge in [0.05, 0.1) is 0 Å². The SMILES string of the molecule is CC(C)CN(CC(C)C)c1ncnc(NCc2ccc(Cl)cc2)c1N. The van der Waals surface area contributed by atoms with Crippen LogP contribution in [0.15, 0.2) is 30.6 Å². The number of nitrogens with one attached hydrogen (secondary N) is 1. The third-order valence-corrected chi connectivity index (χ3v) is 3.96. The number of nitrogens with two attached hydrogens (primary N) is 1. The molecule has 2 aromatic rings. The van der Waals surface area contributed by atoms with E-state index in [9.17, 15) is 0 Å². The minimum Gasteiger partial charge on any atom is -0.393 e. The second kappa shape index (κ2) is 8.90. The Balaban J connectivity index is 2.17. The number of hydrogen-bond acceptors (Lipinski definition) is 5. The maximum absolute atomic E-state index is 6.37. The lowest BCUT2D eigenvalue weighted by molar-refractivity contribution is 0.549. The molecule has 0 aliphatic rings. The van der Waals surface area contributed by atoms with Crippen molar-refractivity contribution in [2.45, 2.75) is 34.2 Å². The van der Waals surface area contributed by atoms with E-state index in [1.807, 2.05) is 24.3 Å². The first-order valence-corrected chi connectivity index (χ1v) is 9.08.